The third-order valence-electron chi connectivity index (χ3n) is 1.22. The van der Waals surface area contributed by atoms with Gasteiger partial charge in [0.1, 0.15) is 0 Å². The van der Waals surface area contributed by atoms with Crippen LogP contribution < -0.4 is 4.72 Å². The van der Waals surface area contributed by atoms with Crippen molar-refractivity contribution in [3.8, 4) is 0 Å². The number of esters is 1. The molecule has 7 nitrogen and oxygen atoms in total. The smallest absolute Gasteiger partial charge is 0.316 e. The molecule has 0 aliphatic rings. The van der Waals surface area contributed by atoms with Gasteiger partial charge in [-0.1, -0.05) is 23.1 Å². The Hall–Kier alpha value is -0.870. The van der Waals surface area contributed by atoms with Crippen LogP contribution in [0.5, 0.6) is 0 Å². The van der Waals surface area contributed by atoms with E-state index >= 15 is 0 Å². The van der Waals surface area contributed by atoms with Crippen LogP contribution in [0.1, 0.15) is 0 Å². The number of sulfonamides is 1. The van der Waals surface area contributed by atoms with Crippen molar-refractivity contribution in [3.05, 3.63) is 0 Å². The molecule has 0 aliphatic heterocycles. The molecule has 0 saturated heterocycles. The third kappa shape index (κ3) is 4.77. The fourth-order valence-electron chi connectivity index (χ4n) is 0.648. The molecule has 0 spiro atoms. The van der Waals surface area contributed by atoms with Gasteiger partial charge >= 0.3 is 5.97 Å². The number of nitrogens with zero attached hydrogens (tertiary/aromatic N) is 2. The highest BCUT2D eigenvalue weighted by Gasteiger charge is 2.10. The number of hydrogen-bond donors (Lipinski definition) is 1. The van der Waals surface area contributed by atoms with E-state index in [-0.39, 0.29) is 16.9 Å². The Morgan fingerprint density at radius 1 is 1.56 bits per heavy atom. The maximum atomic E-state index is 10.9. The van der Waals surface area contributed by atoms with Crippen molar-refractivity contribution in [3.63, 3.8) is 0 Å². The van der Waals surface area contributed by atoms with E-state index < -0.39 is 10.0 Å². The zero-order valence-electron chi connectivity index (χ0n) is 8.46. The highest BCUT2D eigenvalue weighted by molar-refractivity contribution is 8.01. The van der Waals surface area contributed by atoms with Crippen LogP contribution in [0.4, 0.5) is 5.13 Å². The van der Waals surface area contributed by atoms with Crippen molar-refractivity contribution in [1.29, 1.82) is 0 Å². The maximum Gasteiger partial charge on any atom is 0.316 e. The predicted molar refractivity (Wildman–Crippen MR) is 61.1 cm³/mol. The predicted octanol–water partition coefficient (Wildman–Crippen LogP) is 0.175. The summed E-state index contributed by atoms with van der Waals surface area (Å²) in [5.41, 5.74) is 0. The summed E-state index contributed by atoms with van der Waals surface area (Å²) in [5.74, 6) is -0.262. The number of hydrogen-bond acceptors (Lipinski definition) is 8. The fraction of sp³-hybridized carbons (Fsp3) is 0.500. The van der Waals surface area contributed by atoms with Gasteiger partial charge in [-0.05, 0) is 0 Å². The first-order valence-electron chi connectivity index (χ1n) is 3.91. The molecule has 1 heterocycles. The highest BCUT2D eigenvalue weighted by atomic mass is 32.2. The van der Waals surface area contributed by atoms with Crippen molar-refractivity contribution in [1.82, 2.24) is 10.2 Å². The van der Waals surface area contributed by atoms with Crippen molar-refractivity contribution >= 4 is 44.2 Å². The molecule has 0 unspecified atom stereocenters. The van der Waals surface area contributed by atoms with Gasteiger partial charge in [-0.25, -0.2) is 8.42 Å². The Morgan fingerprint density at radius 2 is 2.25 bits per heavy atom. The number of rotatable bonds is 5. The zero-order chi connectivity index (χ0) is 12.2. The van der Waals surface area contributed by atoms with Crippen LogP contribution >= 0.6 is 23.1 Å². The average molecular weight is 283 g/mol. The van der Waals surface area contributed by atoms with Gasteiger partial charge in [0.05, 0.1) is 19.1 Å². The summed E-state index contributed by atoms with van der Waals surface area (Å²) in [6.07, 6.45) is 1.02. The summed E-state index contributed by atoms with van der Waals surface area (Å²) in [6, 6.07) is 0. The lowest BCUT2D eigenvalue weighted by molar-refractivity contribution is -0.137. The van der Waals surface area contributed by atoms with Gasteiger partial charge in [-0.2, -0.15) is 0 Å². The summed E-state index contributed by atoms with van der Waals surface area (Å²) in [4.78, 5) is 10.8. The average Bonchev–Trinajstić information content (AvgIpc) is 2.59. The molecule has 1 rings (SSSR count). The van der Waals surface area contributed by atoms with Crippen LogP contribution in [0.3, 0.4) is 0 Å². The Morgan fingerprint density at radius 3 is 2.81 bits per heavy atom. The number of carbonyl (C=O) groups excluding carboxylic acids is 1. The maximum absolute atomic E-state index is 10.9. The van der Waals surface area contributed by atoms with Gasteiger partial charge in [0.15, 0.2) is 4.34 Å². The summed E-state index contributed by atoms with van der Waals surface area (Å²) in [5, 5.41) is 7.49. The molecular weight excluding hydrogens is 274 g/mol. The minimum Gasteiger partial charge on any atom is -0.468 e. The lowest BCUT2D eigenvalue weighted by Gasteiger charge is -1.95. The molecule has 1 N–H and O–H groups in total. The summed E-state index contributed by atoms with van der Waals surface area (Å²) in [6.45, 7) is 0. The molecule has 0 aromatic carbocycles. The summed E-state index contributed by atoms with van der Waals surface area (Å²) >= 11 is 2.19. The van der Waals surface area contributed by atoms with Crippen LogP contribution in [0.15, 0.2) is 4.34 Å². The Bertz CT molecular complexity index is 469. The molecule has 10 heteroatoms. The molecular formula is C6H9N3O4S3. The Kier molecular flexibility index (Phi) is 4.50. The summed E-state index contributed by atoms with van der Waals surface area (Å²) < 4.78 is 28.9. The van der Waals surface area contributed by atoms with Gasteiger partial charge in [-0.3, -0.25) is 9.52 Å². The van der Waals surface area contributed by atoms with E-state index in [0.717, 1.165) is 29.4 Å². The van der Waals surface area contributed by atoms with E-state index in [0.29, 0.717) is 4.34 Å². The SMILES string of the molecule is COC(=O)CSc1nnc(NS(C)(=O)=O)s1. The topological polar surface area (TPSA) is 98.2 Å². The first-order valence-corrected chi connectivity index (χ1v) is 7.61. The molecule has 90 valence electrons. The molecule has 1 aromatic heterocycles. The first kappa shape index (κ1) is 13.2. The van der Waals surface area contributed by atoms with E-state index in [4.69, 9.17) is 0 Å². The van der Waals surface area contributed by atoms with E-state index in [1.807, 2.05) is 0 Å². The molecule has 1 aromatic rings. The van der Waals surface area contributed by atoms with Gasteiger partial charge in [0.25, 0.3) is 0 Å². The van der Waals surface area contributed by atoms with Crippen LogP contribution in [-0.4, -0.2) is 43.7 Å². The minimum atomic E-state index is -3.34. The molecule has 0 atom stereocenters. The first-order chi connectivity index (χ1) is 7.40. The van der Waals surface area contributed by atoms with Crippen LogP contribution in [0.2, 0.25) is 0 Å². The number of nitrogens with one attached hydrogen (secondary N) is 1. The third-order valence-corrected chi connectivity index (χ3v) is 3.86. The Balaban J connectivity index is 2.55. The number of anilines is 1. The van der Waals surface area contributed by atoms with E-state index in [9.17, 15) is 13.2 Å². The van der Waals surface area contributed by atoms with Crippen LogP contribution in [0.25, 0.3) is 0 Å². The van der Waals surface area contributed by atoms with E-state index in [2.05, 4.69) is 19.7 Å². The standard InChI is InChI=1S/C6H9N3O4S3/c1-13-4(10)3-14-6-8-7-5(15-6)9-16(2,11)12/h3H2,1-2H3,(H,7,9). The molecule has 0 bridgehead atoms. The number of thioether (sulfide) groups is 1. The Labute approximate surface area is 101 Å². The molecule has 0 radical (unpaired) electrons. The van der Waals surface area contributed by atoms with Crippen LogP contribution in [0, 0.1) is 0 Å². The molecule has 16 heavy (non-hydrogen) atoms. The zero-order valence-corrected chi connectivity index (χ0v) is 10.9. The quantitative estimate of drug-likeness (QED) is 0.607. The van der Waals surface area contributed by atoms with Gasteiger partial charge < -0.3 is 4.74 Å². The number of carbonyl (C=O) groups is 1. The molecule has 0 aliphatic carbocycles. The largest absolute Gasteiger partial charge is 0.468 e. The second kappa shape index (κ2) is 5.46. The van der Waals surface area contributed by atoms with Gasteiger partial charge in [0, 0.05) is 0 Å². The van der Waals surface area contributed by atoms with Crippen molar-refractivity contribution < 1.29 is 17.9 Å². The second-order valence-corrected chi connectivity index (χ2v) is 6.56. The monoisotopic (exact) mass is 283 g/mol. The van der Waals surface area contributed by atoms with Crippen molar-refractivity contribution in [2.75, 3.05) is 23.8 Å². The van der Waals surface area contributed by atoms with E-state index in [1.54, 1.807) is 0 Å². The number of aromatic nitrogens is 2. The van der Waals surface area contributed by atoms with Crippen molar-refractivity contribution in [2.24, 2.45) is 0 Å². The number of methoxy groups -OCH3 is 1. The van der Waals surface area contributed by atoms with E-state index in [1.165, 1.54) is 7.11 Å². The lowest BCUT2D eigenvalue weighted by Crippen LogP contribution is -2.08. The molecule has 0 fully saturated rings. The van der Waals surface area contributed by atoms with Gasteiger partial charge in [-0.15, -0.1) is 10.2 Å². The second-order valence-electron chi connectivity index (χ2n) is 2.61. The molecule has 0 amide bonds. The normalized spacial score (nSPS) is 11.1. The fourth-order valence-corrected chi connectivity index (χ4v) is 3.06. The van der Waals surface area contributed by atoms with Crippen LogP contribution in [-0.2, 0) is 19.6 Å². The lowest BCUT2D eigenvalue weighted by atomic mass is 10.8. The van der Waals surface area contributed by atoms with Crippen molar-refractivity contribution in [2.45, 2.75) is 4.34 Å². The minimum absolute atomic E-state index is 0.115. The number of ether oxygens (including phenoxy) is 1. The van der Waals surface area contributed by atoms with Gasteiger partial charge in [0.2, 0.25) is 15.2 Å². The summed E-state index contributed by atoms with van der Waals surface area (Å²) in [7, 11) is -2.05. The highest BCUT2D eigenvalue weighted by Crippen LogP contribution is 2.25. The molecule has 0 saturated carbocycles.